The Balaban J connectivity index is 1.99. The van der Waals surface area contributed by atoms with Crippen molar-refractivity contribution >= 4 is 11.8 Å². The van der Waals surface area contributed by atoms with Gasteiger partial charge in [0.1, 0.15) is 5.75 Å². The first kappa shape index (κ1) is 13.4. The molecule has 0 spiro atoms. The van der Waals surface area contributed by atoms with Gasteiger partial charge in [-0.25, -0.2) is 0 Å². The molecule has 1 aromatic rings. The standard InChI is InChI=1S/C14H18N2O3/c1-15-6-7-16(10-14(15)18)13(17)9-11-4-3-5-12(8-11)19-2/h3-5,8H,6-7,9-10H2,1-2H3. The summed E-state index contributed by atoms with van der Waals surface area (Å²) in [6.45, 7) is 1.38. The maximum Gasteiger partial charge on any atom is 0.241 e. The van der Waals surface area contributed by atoms with Crippen LogP contribution < -0.4 is 4.74 Å². The van der Waals surface area contributed by atoms with Crippen LogP contribution in [-0.2, 0) is 16.0 Å². The first-order valence-corrected chi connectivity index (χ1v) is 6.25. The highest BCUT2D eigenvalue weighted by Gasteiger charge is 2.24. The van der Waals surface area contributed by atoms with Crippen molar-refractivity contribution < 1.29 is 14.3 Å². The van der Waals surface area contributed by atoms with E-state index in [2.05, 4.69) is 0 Å². The zero-order valence-electron chi connectivity index (χ0n) is 11.3. The molecule has 2 rings (SSSR count). The van der Waals surface area contributed by atoms with E-state index in [0.717, 1.165) is 11.3 Å². The monoisotopic (exact) mass is 262 g/mol. The predicted octanol–water partition coefficient (Wildman–Crippen LogP) is 0.538. The minimum Gasteiger partial charge on any atom is -0.497 e. The molecule has 1 fully saturated rings. The van der Waals surface area contributed by atoms with Crippen LogP contribution >= 0.6 is 0 Å². The summed E-state index contributed by atoms with van der Waals surface area (Å²) in [6, 6.07) is 7.43. The fourth-order valence-corrected chi connectivity index (χ4v) is 2.04. The summed E-state index contributed by atoms with van der Waals surface area (Å²) in [4.78, 5) is 27.0. The second-order valence-corrected chi connectivity index (χ2v) is 4.66. The van der Waals surface area contributed by atoms with Crippen LogP contribution in [0.3, 0.4) is 0 Å². The van der Waals surface area contributed by atoms with Crippen molar-refractivity contribution in [1.29, 1.82) is 0 Å². The van der Waals surface area contributed by atoms with Crippen molar-refractivity contribution in [3.63, 3.8) is 0 Å². The van der Waals surface area contributed by atoms with Gasteiger partial charge in [-0.05, 0) is 17.7 Å². The van der Waals surface area contributed by atoms with Crippen LogP contribution in [0.25, 0.3) is 0 Å². The number of nitrogens with zero attached hydrogens (tertiary/aromatic N) is 2. The normalized spacial score (nSPS) is 15.6. The molecule has 0 saturated carbocycles. The zero-order valence-corrected chi connectivity index (χ0v) is 11.3. The Bertz CT molecular complexity index is 487. The highest BCUT2D eigenvalue weighted by Crippen LogP contribution is 2.14. The number of hydrogen-bond acceptors (Lipinski definition) is 3. The van der Waals surface area contributed by atoms with E-state index >= 15 is 0 Å². The summed E-state index contributed by atoms with van der Waals surface area (Å²) in [5.74, 6) is 0.708. The summed E-state index contributed by atoms with van der Waals surface area (Å²) in [7, 11) is 3.35. The lowest BCUT2D eigenvalue weighted by Crippen LogP contribution is -2.51. The lowest BCUT2D eigenvalue weighted by atomic mass is 10.1. The quantitative estimate of drug-likeness (QED) is 0.799. The molecule has 19 heavy (non-hydrogen) atoms. The zero-order chi connectivity index (χ0) is 13.8. The van der Waals surface area contributed by atoms with Crippen LogP contribution in [0.1, 0.15) is 5.56 Å². The van der Waals surface area contributed by atoms with Crippen LogP contribution in [0.15, 0.2) is 24.3 Å². The maximum atomic E-state index is 12.1. The predicted molar refractivity (Wildman–Crippen MR) is 70.9 cm³/mol. The number of benzene rings is 1. The van der Waals surface area contributed by atoms with E-state index in [-0.39, 0.29) is 18.4 Å². The molecule has 0 aliphatic carbocycles. The molecular formula is C14H18N2O3. The first-order chi connectivity index (χ1) is 9.10. The van der Waals surface area contributed by atoms with Gasteiger partial charge in [-0.3, -0.25) is 9.59 Å². The van der Waals surface area contributed by atoms with E-state index in [1.807, 2.05) is 24.3 Å². The summed E-state index contributed by atoms with van der Waals surface area (Å²) in [5.41, 5.74) is 0.899. The largest absolute Gasteiger partial charge is 0.497 e. The van der Waals surface area contributed by atoms with E-state index in [4.69, 9.17) is 4.74 Å². The van der Waals surface area contributed by atoms with Crippen LogP contribution in [-0.4, -0.2) is 55.4 Å². The third-order valence-electron chi connectivity index (χ3n) is 3.30. The van der Waals surface area contributed by atoms with Crippen molar-refractivity contribution in [2.24, 2.45) is 0 Å². The number of carbonyl (C=O) groups excluding carboxylic acids is 2. The third-order valence-corrected chi connectivity index (χ3v) is 3.30. The van der Waals surface area contributed by atoms with Crippen molar-refractivity contribution in [2.45, 2.75) is 6.42 Å². The molecule has 1 aliphatic rings. The van der Waals surface area contributed by atoms with Crippen molar-refractivity contribution in [3.05, 3.63) is 29.8 Å². The highest BCUT2D eigenvalue weighted by atomic mass is 16.5. The average Bonchev–Trinajstić information content (AvgIpc) is 2.42. The van der Waals surface area contributed by atoms with E-state index in [9.17, 15) is 9.59 Å². The van der Waals surface area contributed by atoms with Gasteiger partial charge in [0, 0.05) is 20.1 Å². The molecule has 0 bridgehead atoms. The van der Waals surface area contributed by atoms with E-state index in [1.54, 1.807) is 24.0 Å². The Hall–Kier alpha value is -2.04. The topological polar surface area (TPSA) is 49.9 Å². The molecule has 102 valence electrons. The van der Waals surface area contributed by atoms with Gasteiger partial charge in [-0.1, -0.05) is 12.1 Å². The maximum absolute atomic E-state index is 12.1. The smallest absolute Gasteiger partial charge is 0.241 e. The summed E-state index contributed by atoms with van der Waals surface area (Å²) >= 11 is 0. The van der Waals surface area contributed by atoms with Gasteiger partial charge < -0.3 is 14.5 Å². The molecule has 5 heteroatoms. The van der Waals surface area contributed by atoms with Crippen LogP contribution in [0, 0.1) is 0 Å². The minimum atomic E-state index is -0.0188. The summed E-state index contributed by atoms with van der Waals surface area (Å²) in [5, 5.41) is 0. The fraction of sp³-hybridized carbons (Fsp3) is 0.429. The van der Waals surface area contributed by atoms with E-state index < -0.39 is 0 Å². The van der Waals surface area contributed by atoms with E-state index in [1.165, 1.54) is 0 Å². The molecular weight excluding hydrogens is 244 g/mol. The number of ether oxygens (including phenoxy) is 1. The molecule has 0 aromatic heterocycles. The number of carbonyl (C=O) groups is 2. The number of methoxy groups -OCH3 is 1. The van der Waals surface area contributed by atoms with Gasteiger partial charge in [0.15, 0.2) is 0 Å². The summed E-state index contributed by atoms with van der Waals surface area (Å²) in [6.07, 6.45) is 0.300. The van der Waals surface area contributed by atoms with E-state index in [0.29, 0.717) is 19.5 Å². The van der Waals surface area contributed by atoms with Crippen LogP contribution in [0.4, 0.5) is 0 Å². The van der Waals surface area contributed by atoms with Gasteiger partial charge in [-0.15, -0.1) is 0 Å². The molecule has 0 radical (unpaired) electrons. The molecule has 5 nitrogen and oxygen atoms in total. The second-order valence-electron chi connectivity index (χ2n) is 4.66. The molecule has 1 saturated heterocycles. The molecule has 1 heterocycles. The Morgan fingerprint density at radius 1 is 1.37 bits per heavy atom. The lowest BCUT2D eigenvalue weighted by Gasteiger charge is -2.32. The number of piperazine rings is 1. The highest BCUT2D eigenvalue weighted by molar-refractivity contribution is 5.86. The van der Waals surface area contributed by atoms with Gasteiger partial charge in [-0.2, -0.15) is 0 Å². The molecule has 0 atom stereocenters. The molecule has 2 amide bonds. The molecule has 0 unspecified atom stereocenters. The average molecular weight is 262 g/mol. The van der Waals surface area contributed by atoms with Crippen molar-refractivity contribution in [1.82, 2.24) is 9.80 Å². The Kier molecular flexibility index (Phi) is 4.04. The van der Waals surface area contributed by atoms with Gasteiger partial charge in [0.25, 0.3) is 0 Å². The fourth-order valence-electron chi connectivity index (χ4n) is 2.04. The van der Waals surface area contributed by atoms with Gasteiger partial charge in [0.2, 0.25) is 11.8 Å². The third kappa shape index (κ3) is 3.24. The number of rotatable bonds is 3. The second kappa shape index (κ2) is 5.73. The number of likely N-dealkylation sites (N-methyl/N-ethyl adjacent to an activating group) is 1. The molecule has 1 aliphatic heterocycles. The molecule has 1 aromatic carbocycles. The lowest BCUT2D eigenvalue weighted by molar-refractivity contribution is -0.143. The first-order valence-electron chi connectivity index (χ1n) is 6.25. The van der Waals surface area contributed by atoms with Gasteiger partial charge >= 0.3 is 0 Å². The SMILES string of the molecule is COc1cccc(CC(=O)N2CCN(C)C(=O)C2)c1. The summed E-state index contributed by atoms with van der Waals surface area (Å²) < 4.78 is 5.13. The van der Waals surface area contributed by atoms with Gasteiger partial charge in [0.05, 0.1) is 20.1 Å². The van der Waals surface area contributed by atoms with Crippen molar-refractivity contribution in [3.8, 4) is 5.75 Å². The minimum absolute atomic E-state index is 0.00903. The van der Waals surface area contributed by atoms with Crippen molar-refractivity contribution in [2.75, 3.05) is 33.8 Å². The van der Waals surface area contributed by atoms with Crippen LogP contribution in [0.2, 0.25) is 0 Å². The Morgan fingerprint density at radius 2 is 2.16 bits per heavy atom. The number of amides is 2. The molecule has 0 N–H and O–H groups in total. The van der Waals surface area contributed by atoms with Crippen LogP contribution in [0.5, 0.6) is 5.75 Å². The Labute approximate surface area is 112 Å². The number of hydrogen-bond donors (Lipinski definition) is 0. The Morgan fingerprint density at radius 3 is 2.84 bits per heavy atom.